The number of H-pyrrole nitrogens is 1. The Bertz CT molecular complexity index is 644. The molecule has 0 saturated carbocycles. The van der Waals surface area contributed by atoms with Crippen molar-refractivity contribution in [3.63, 3.8) is 0 Å². The number of amides is 1. The van der Waals surface area contributed by atoms with Crippen LogP contribution in [0.25, 0.3) is 10.9 Å². The lowest BCUT2D eigenvalue weighted by Crippen LogP contribution is -2.52. The fourth-order valence-electron chi connectivity index (χ4n) is 3.18. The molecule has 1 aliphatic rings. The van der Waals surface area contributed by atoms with Gasteiger partial charge in [0, 0.05) is 36.2 Å². The second-order valence-electron chi connectivity index (χ2n) is 5.73. The number of carbonyl (C=O) groups excluding carboxylic acids is 1. The average Bonchev–Trinajstić information content (AvgIpc) is 2.82. The standard InChI is InChI=1S/C16H21N3O/c1-10(2)19-9-14-12(8-15(19)16(20)17-3)11-6-4-5-7-13(11)18-14/h4-7,10,15,18H,8-9H2,1-3H3,(H,17,20)/t15-/m1/s1. The summed E-state index contributed by atoms with van der Waals surface area (Å²) < 4.78 is 0. The zero-order chi connectivity index (χ0) is 14.3. The Balaban J connectivity index is 2.07. The van der Waals surface area contributed by atoms with Crippen molar-refractivity contribution >= 4 is 16.8 Å². The molecule has 1 aromatic heterocycles. The first-order valence-corrected chi connectivity index (χ1v) is 7.17. The summed E-state index contributed by atoms with van der Waals surface area (Å²) in [5.74, 6) is 0.106. The number of rotatable bonds is 2. The summed E-state index contributed by atoms with van der Waals surface area (Å²) in [6.07, 6.45) is 0.775. The smallest absolute Gasteiger partial charge is 0.237 e. The van der Waals surface area contributed by atoms with Crippen molar-refractivity contribution in [3.8, 4) is 0 Å². The molecule has 1 atom stereocenters. The van der Waals surface area contributed by atoms with Crippen LogP contribution in [0, 0.1) is 0 Å². The van der Waals surface area contributed by atoms with E-state index in [1.54, 1.807) is 7.05 Å². The van der Waals surface area contributed by atoms with E-state index in [1.807, 2.05) is 6.07 Å². The fourth-order valence-corrected chi connectivity index (χ4v) is 3.18. The Morgan fingerprint density at radius 1 is 1.40 bits per heavy atom. The lowest BCUT2D eigenvalue weighted by atomic mass is 9.95. The monoisotopic (exact) mass is 271 g/mol. The van der Waals surface area contributed by atoms with Gasteiger partial charge in [0.05, 0.1) is 6.04 Å². The van der Waals surface area contributed by atoms with Gasteiger partial charge in [0.1, 0.15) is 0 Å². The number of nitrogens with one attached hydrogen (secondary N) is 2. The maximum Gasteiger partial charge on any atom is 0.237 e. The van der Waals surface area contributed by atoms with Crippen LogP contribution in [-0.2, 0) is 17.8 Å². The number of benzene rings is 1. The van der Waals surface area contributed by atoms with Crippen molar-refractivity contribution in [1.82, 2.24) is 15.2 Å². The van der Waals surface area contributed by atoms with Crippen molar-refractivity contribution in [2.75, 3.05) is 7.05 Å². The van der Waals surface area contributed by atoms with Crippen LogP contribution in [0.5, 0.6) is 0 Å². The van der Waals surface area contributed by atoms with E-state index in [0.717, 1.165) is 13.0 Å². The topological polar surface area (TPSA) is 48.1 Å². The van der Waals surface area contributed by atoms with Gasteiger partial charge in [-0.15, -0.1) is 0 Å². The molecule has 0 unspecified atom stereocenters. The fraction of sp³-hybridized carbons (Fsp3) is 0.438. The van der Waals surface area contributed by atoms with Crippen LogP contribution < -0.4 is 5.32 Å². The molecule has 2 aromatic rings. The van der Waals surface area contributed by atoms with Gasteiger partial charge in [-0.25, -0.2) is 0 Å². The number of nitrogens with zero attached hydrogens (tertiary/aromatic N) is 1. The van der Waals surface area contributed by atoms with Gasteiger partial charge in [-0.1, -0.05) is 18.2 Å². The van der Waals surface area contributed by atoms with E-state index in [2.05, 4.69) is 47.2 Å². The summed E-state index contributed by atoms with van der Waals surface area (Å²) in [6.45, 7) is 5.09. The minimum atomic E-state index is -0.0771. The maximum atomic E-state index is 12.2. The highest BCUT2D eigenvalue weighted by molar-refractivity contribution is 5.88. The number of carbonyl (C=O) groups is 1. The number of hydrogen-bond donors (Lipinski definition) is 2. The molecule has 0 aliphatic carbocycles. The van der Waals surface area contributed by atoms with E-state index < -0.39 is 0 Å². The zero-order valence-corrected chi connectivity index (χ0v) is 12.2. The summed E-state index contributed by atoms with van der Waals surface area (Å²) in [4.78, 5) is 18.0. The molecule has 106 valence electrons. The first kappa shape index (κ1) is 13.2. The Morgan fingerprint density at radius 3 is 2.85 bits per heavy atom. The van der Waals surface area contributed by atoms with E-state index in [4.69, 9.17) is 0 Å². The third-order valence-electron chi connectivity index (χ3n) is 4.25. The Labute approximate surface area is 119 Å². The van der Waals surface area contributed by atoms with Crippen molar-refractivity contribution < 1.29 is 4.79 Å². The normalized spacial score (nSPS) is 19.3. The van der Waals surface area contributed by atoms with Crippen molar-refractivity contribution in [1.29, 1.82) is 0 Å². The van der Waals surface area contributed by atoms with E-state index in [-0.39, 0.29) is 11.9 Å². The highest BCUT2D eigenvalue weighted by Gasteiger charge is 2.34. The van der Waals surface area contributed by atoms with Crippen LogP contribution in [0.3, 0.4) is 0 Å². The minimum absolute atomic E-state index is 0.0771. The summed E-state index contributed by atoms with van der Waals surface area (Å²) in [5.41, 5.74) is 3.71. The number of likely N-dealkylation sites (N-methyl/N-ethyl adjacent to an activating group) is 1. The second-order valence-corrected chi connectivity index (χ2v) is 5.73. The van der Waals surface area contributed by atoms with Crippen LogP contribution in [0.15, 0.2) is 24.3 Å². The molecule has 0 bridgehead atoms. The Morgan fingerprint density at radius 2 is 2.15 bits per heavy atom. The molecule has 2 heterocycles. The Kier molecular flexibility index (Phi) is 3.26. The molecule has 1 amide bonds. The first-order chi connectivity index (χ1) is 9.61. The maximum absolute atomic E-state index is 12.2. The predicted molar refractivity (Wildman–Crippen MR) is 80.5 cm³/mol. The van der Waals surface area contributed by atoms with Crippen LogP contribution in [0.4, 0.5) is 0 Å². The predicted octanol–water partition coefficient (Wildman–Crippen LogP) is 2.05. The molecular formula is C16H21N3O. The molecule has 1 aromatic carbocycles. The first-order valence-electron chi connectivity index (χ1n) is 7.17. The van der Waals surface area contributed by atoms with Gasteiger partial charge in [0.2, 0.25) is 5.91 Å². The number of fused-ring (bicyclic) bond motifs is 3. The molecule has 0 spiro atoms. The van der Waals surface area contributed by atoms with Crippen molar-refractivity contribution in [2.24, 2.45) is 0 Å². The summed E-state index contributed by atoms with van der Waals surface area (Å²) in [5, 5.41) is 4.05. The van der Waals surface area contributed by atoms with Crippen LogP contribution >= 0.6 is 0 Å². The van der Waals surface area contributed by atoms with Gasteiger partial charge in [-0.2, -0.15) is 0 Å². The van der Waals surface area contributed by atoms with Gasteiger partial charge < -0.3 is 10.3 Å². The second kappa shape index (κ2) is 4.94. The lowest BCUT2D eigenvalue weighted by molar-refractivity contribution is -0.127. The van der Waals surface area contributed by atoms with Gasteiger partial charge in [-0.3, -0.25) is 9.69 Å². The summed E-state index contributed by atoms with van der Waals surface area (Å²) in [6, 6.07) is 8.60. The molecule has 2 N–H and O–H groups in total. The zero-order valence-electron chi connectivity index (χ0n) is 12.2. The Hall–Kier alpha value is -1.81. The number of hydrogen-bond acceptors (Lipinski definition) is 2. The molecule has 4 nitrogen and oxygen atoms in total. The van der Waals surface area contributed by atoms with Crippen molar-refractivity contribution in [2.45, 2.75) is 38.9 Å². The highest BCUT2D eigenvalue weighted by atomic mass is 16.2. The van der Waals surface area contributed by atoms with Gasteiger partial charge in [0.25, 0.3) is 0 Å². The average molecular weight is 271 g/mol. The van der Waals surface area contributed by atoms with Crippen molar-refractivity contribution in [3.05, 3.63) is 35.5 Å². The molecule has 0 saturated heterocycles. The van der Waals surface area contributed by atoms with E-state index in [9.17, 15) is 4.79 Å². The molecule has 1 aliphatic heterocycles. The van der Waals surface area contributed by atoms with Crippen LogP contribution in [0.2, 0.25) is 0 Å². The van der Waals surface area contributed by atoms with Gasteiger partial charge in [-0.05, 0) is 31.9 Å². The SMILES string of the molecule is CNC(=O)[C@H]1Cc2c([nH]c3ccccc23)CN1C(C)C. The third kappa shape index (κ3) is 2.00. The molecule has 0 fully saturated rings. The molecule has 20 heavy (non-hydrogen) atoms. The molecular weight excluding hydrogens is 250 g/mol. The minimum Gasteiger partial charge on any atom is -0.358 e. The van der Waals surface area contributed by atoms with Gasteiger partial charge >= 0.3 is 0 Å². The number of aromatic amines is 1. The van der Waals surface area contributed by atoms with E-state index in [0.29, 0.717) is 6.04 Å². The van der Waals surface area contributed by atoms with E-state index >= 15 is 0 Å². The largest absolute Gasteiger partial charge is 0.358 e. The lowest BCUT2D eigenvalue weighted by Gasteiger charge is -2.37. The van der Waals surface area contributed by atoms with Crippen LogP contribution in [-0.4, -0.2) is 34.9 Å². The number of para-hydroxylation sites is 1. The number of aromatic nitrogens is 1. The summed E-state index contributed by atoms with van der Waals surface area (Å²) in [7, 11) is 1.71. The van der Waals surface area contributed by atoms with Gasteiger partial charge in [0.15, 0.2) is 0 Å². The summed E-state index contributed by atoms with van der Waals surface area (Å²) >= 11 is 0. The van der Waals surface area contributed by atoms with Crippen LogP contribution in [0.1, 0.15) is 25.1 Å². The van der Waals surface area contributed by atoms with E-state index in [1.165, 1.54) is 22.2 Å². The highest BCUT2D eigenvalue weighted by Crippen LogP contribution is 2.31. The molecule has 4 heteroatoms. The third-order valence-corrected chi connectivity index (χ3v) is 4.25. The quantitative estimate of drug-likeness (QED) is 0.878. The molecule has 0 radical (unpaired) electrons. The molecule has 3 rings (SSSR count).